The maximum Gasteiger partial charge on any atom is 0.140 e. The Morgan fingerprint density at radius 1 is 1.21 bits per heavy atom. The van der Waals surface area contributed by atoms with Crippen molar-refractivity contribution in [3.05, 3.63) is 50.5 Å². The molecule has 19 heavy (non-hydrogen) atoms. The van der Waals surface area contributed by atoms with Crippen molar-refractivity contribution in [3.8, 4) is 5.75 Å². The summed E-state index contributed by atoms with van der Waals surface area (Å²) in [6, 6.07) is 8.73. The SMILES string of the molecule is NNc1ccc(Cl)c(COc2cc(Br)ccc2Cl)n1. The first-order chi connectivity index (χ1) is 9.10. The van der Waals surface area contributed by atoms with Crippen LogP contribution in [-0.2, 0) is 6.61 Å². The van der Waals surface area contributed by atoms with Gasteiger partial charge in [-0.2, -0.15) is 0 Å². The Balaban J connectivity index is 2.16. The molecule has 4 nitrogen and oxygen atoms in total. The highest BCUT2D eigenvalue weighted by Gasteiger charge is 2.07. The van der Waals surface area contributed by atoms with Crippen LogP contribution >= 0.6 is 39.1 Å². The summed E-state index contributed by atoms with van der Waals surface area (Å²) in [5, 5.41) is 1.03. The number of rotatable bonds is 4. The van der Waals surface area contributed by atoms with E-state index in [0.717, 1.165) is 4.47 Å². The number of hydrogen-bond donors (Lipinski definition) is 2. The Kier molecular flexibility index (Phi) is 4.87. The standard InChI is InChI=1S/C12H10BrCl2N3O/c13-7-1-2-9(15)11(5-7)19-6-10-8(14)3-4-12(17-10)18-16/h1-5H,6,16H2,(H,17,18). The quantitative estimate of drug-likeness (QED) is 0.637. The van der Waals surface area contributed by atoms with Gasteiger partial charge >= 0.3 is 0 Å². The van der Waals surface area contributed by atoms with E-state index in [4.69, 9.17) is 33.8 Å². The van der Waals surface area contributed by atoms with Crippen molar-refractivity contribution in [1.82, 2.24) is 4.98 Å². The molecule has 0 amide bonds. The third-order valence-electron chi connectivity index (χ3n) is 2.32. The number of pyridine rings is 1. The van der Waals surface area contributed by atoms with Crippen LogP contribution in [0.2, 0.25) is 10.0 Å². The highest BCUT2D eigenvalue weighted by Crippen LogP contribution is 2.29. The van der Waals surface area contributed by atoms with E-state index in [2.05, 4.69) is 26.3 Å². The van der Waals surface area contributed by atoms with Gasteiger partial charge in [0, 0.05) is 4.47 Å². The van der Waals surface area contributed by atoms with Crippen LogP contribution in [0.15, 0.2) is 34.8 Å². The fraction of sp³-hybridized carbons (Fsp3) is 0.0833. The summed E-state index contributed by atoms with van der Waals surface area (Å²) in [7, 11) is 0. The van der Waals surface area contributed by atoms with E-state index in [1.807, 2.05) is 6.07 Å². The molecule has 2 aromatic rings. The van der Waals surface area contributed by atoms with Crippen molar-refractivity contribution in [2.45, 2.75) is 6.61 Å². The first-order valence-electron chi connectivity index (χ1n) is 5.30. The normalized spacial score (nSPS) is 10.3. The Labute approximate surface area is 129 Å². The van der Waals surface area contributed by atoms with Gasteiger partial charge in [0.25, 0.3) is 0 Å². The van der Waals surface area contributed by atoms with E-state index in [-0.39, 0.29) is 6.61 Å². The maximum absolute atomic E-state index is 6.04. The predicted molar refractivity (Wildman–Crippen MR) is 80.5 cm³/mol. The number of benzene rings is 1. The number of ether oxygens (including phenoxy) is 1. The van der Waals surface area contributed by atoms with Crippen molar-refractivity contribution >= 4 is 44.9 Å². The number of nitrogens with two attached hydrogens (primary N) is 1. The molecular formula is C12H10BrCl2N3O. The monoisotopic (exact) mass is 361 g/mol. The minimum Gasteiger partial charge on any atom is -0.486 e. The lowest BCUT2D eigenvalue weighted by atomic mass is 10.3. The molecule has 0 fully saturated rings. The van der Waals surface area contributed by atoms with Crippen molar-refractivity contribution in [1.29, 1.82) is 0 Å². The second kappa shape index (κ2) is 6.43. The molecule has 0 aliphatic rings. The van der Waals surface area contributed by atoms with Crippen LogP contribution in [0.1, 0.15) is 5.69 Å². The average Bonchev–Trinajstić information content (AvgIpc) is 2.41. The molecule has 0 saturated carbocycles. The van der Waals surface area contributed by atoms with Gasteiger partial charge in [0.2, 0.25) is 0 Å². The molecular weight excluding hydrogens is 353 g/mol. The number of anilines is 1. The molecule has 0 saturated heterocycles. The minimum absolute atomic E-state index is 0.199. The Morgan fingerprint density at radius 2 is 1.95 bits per heavy atom. The molecule has 0 radical (unpaired) electrons. The van der Waals surface area contributed by atoms with Gasteiger partial charge in [-0.05, 0) is 30.3 Å². The summed E-state index contributed by atoms with van der Waals surface area (Å²) >= 11 is 15.4. The second-order valence-corrected chi connectivity index (χ2v) is 5.36. The van der Waals surface area contributed by atoms with Gasteiger partial charge in [0.1, 0.15) is 18.2 Å². The highest BCUT2D eigenvalue weighted by molar-refractivity contribution is 9.10. The lowest BCUT2D eigenvalue weighted by Gasteiger charge is -2.10. The smallest absolute Gasteiger partial charge is 0.140 e. The summed E-state index contributed by atoms with van der Waals surface area (Å²) in [4.78, 5) is 4.21. The molecule has 0 bridgehead atoms. The lowest BCUT2D eigenvalue weighted by Crippen LogP contribution is -2.10. The van der Waals surface area contributed by atoms with E-state index < -0.39 is 0 Å². The molecule has 1 aromatic carbocycles. The summed E-state index contributed by atoms with van der Waals surface area (Å²) in [6.45, 7) is 0.199. The molecule has 0 aliphatic carbocycles. The zero-order valence-electron chi connectivity index (χ0n) is 9.66. The lowest BCUT2D eigenvalue weighted by molar-refractivity contribution is 0.301. The van der Waals surface area contributed by atoms with Gasteiger partial charge in [-0.1, -0.05) is 39.1 Å². The third kappa shape index (κ3) is 3.73. The third-order valence-corrected chi connectivity index (χ3v) is 3.47. The number of halogens is 3. The predicted octanol–water partition coefficient (Wildman–Crippen LogP) is 4.02. The second-order valence-electron chi connectivity index (χ2n) is 3.63. The summed E-state index contributed by atoms with van der Waals surface area (Å²) in [6.07, 6.45) is 0. The van der Waals surface area contributed by atoms with Crippen LogP contribution < -0.4 is 16.0 Å². The fourth-order valence-corrected chi connectivity index (χ4v) is 2.07. The molecule has 100 valence electrons. The first kappa shape index (κ1) is 14.4. The van der Waals surface area contributed by atoms with Gasteiger partial charge in [0.05, 0.1) is 15.7 Å². The fourth-order valence-electron chi connectivity index (χ4n) is 1.40. The van der Waals surface area contributed by atoms with Gasteiger partial charge in [0.15, 0.2) is 0 Å². The molecule has 1 aromatic heterocycles. The highest BCUT2D eigenvalue weighted by atomic mass is 79.9. The van der Waals surface area contributed by atoms with E-state index >= 15 is 0 Å². The van der Waals surface area contributed by atoms with Crippen molar-refractivity contribution < 1.29 is 4.74 Å². The van der Waals surface area contributed by atoms with Crippen molar-refractivity contribution in [3.63, 3.8) is 0 Å². The van der Waals surface area contributed by atoms with Crippen molar-refractivity contribution in [2.24, 2.45) is 5.84 Å². The number of hydrazine groups is 1. The van der Waals surface area contributed by atoms with Gasteiger partial charge in [-0.3, -0.25) is 0 Å². The number of aromatic nitrogens is 1. The van der Waals surface area contributed by atoms with Gasteiger partial charge in [-0.15, -0.1) is 0 Å². The molecule has 3 N–H and O–H groups in total. The first-order valence-corrected chi connectivity index (χ1v) is 6.85. The maximum atomic E-state index is 6.04. The van der Waals surface area contributed by atoms with Crippen LogP contribution in [0.5, 0.6) is 5.75 Å². The van der Waals surface area contributed by atoms with E-state index in [9.17, 15) is 0 Å². The minimum atomic E-state index is 0.199. The largest absolute Gasteiger partial charge is 0.486 e. The van der Waals surface area contributed by atoms with Crippen LogP contribution in [0.3, 0.4) is 0 Å². The molecule has 0 atom stereocenters. The average molecular weight is 363 g/mol. The summed E-state index contributed by atoms with van der Waals surface area (Å²) in [5.74, 6) is 6.37. The number of nitrogen functional groups attached to an aromatic ring is 1. The molecule has 0 spiro atoms. The zero-order chi connectivity index (χ0) is 13.8. The summed E-state index contributed by atoms with van der Waals surface area (Å²) < 4.78 is 6.48. The topological polar surface area (TPSA) is 60.2 Å². The van der Waals surface area contributed by atoms with Crippen LogP contribution in [0.4, 0.5) is 5.82 Å². The number of nitrogens with one attached hydrogen (secondary N) is 1. The Hall–Kier alpha value is -1.01. The molecule has 1 heterocycles. The number of nitrogens with zero attached hydrogens (tertiary/aromatic N) is 1. The van der Waals surface area contributed by atoms with Gasteiger partial charge < -0.3 is 10.2 Å². The van der Waals surface area contributed by atoms with E-state index in [0.29, 0.717) is 27.3 Å². The van der Waals surface area contributed by atoms with E-state index in [1.165, 1.54) is 0 Å². The van der Waals surface area contributed by atoms with Crippen LogP contribution in [0, 0.1) is 0 Å². The Bertz CT molecular complexity index is 595. The Morgan fingerprint density at radius 3 is 2.68 bits per heavy atom. The molecule has 0 unspecified atom stereocenters. The molecule has 2 rings (SSSR count). The van der Waals surface area contributed by atoms with E-state index in [1.54, 1.807) is 24.3 Å². The van der Waals surface area contributed by atoms with Gasteiger partial charge in [-0.25, -0.2) is 10.8 Å². The van der Waals surface area contributed by atoms with Crippen LogP contribution in [-0.4, -0.2) is 4.98 Å². The molecule has 7 heteroatoms. The van der Waals surface area contributed by atoms with Crippen LogP contribution in [0.25, 0.3) is 0 Å². The van der Waals surface area contributed by atoms with Crippen molar-refractivity contribution in [2.75, 3.05) is 5.43 Å². The zero-order valence-corrected chi connectivity index (χ0v) is 12.8. The molecule has 0 aliphatic heterocycles. The number of hydrogen-bond acceptors (Lipinski definition) is 4. The summed E-state index contributed by atoms with van der Waals surface area (Å²) in [5.41, 5.74) is 3.03.